The second kappa shape index (κ2) is 8.27. The molecule has 0 unspecified atom stereocenters. The maximum absolute atomic E-state index is 12.7. The molecular weight excluding hydrogens is 419 g/mol. The molecule has 2 aromatic carbocycles. The van der Waals surface area contributed by atoms with E-state index in [0.717, 1.165) is 31.0 Å². The molecule has 0 spiro atoms. The monoisotopic (exact) mass is 435 g/mol. The van der Waals surface area contributed by atoms with Crippen LogP contribution in [0.1, 0.15) is 16.7 Å². The van der Waals surface area contributed by atoms with Gasteiger partial charge in [0.05, 0.1) is 23.3 Å². The van der Waals surface area contributed by atoms with Gasteiger partial charge in [0.15, 0.2) is 0 Å². The van der Waals surface area contributed by atoms with Gasteiger partial charge in [0.2, 0.25) is 0 Å². The van der Waals surface area contributed by atoms with Gasteiger partial charge in [-0.15, -0.1) is 0 Å². The van der Waals surface area contributed by atoms with Gasteiger partial charge in [0, 0.05) is 0 Å². The van der Waals surface area contributed by atoms with E-state index < -0.39 is 17.7 Å². The molecule has 5 nitrogen and oxygen atoms in total. The predicted molar refractivity (Wildman–Crippen MR) is 109 cm³/mol. The molecule has 0 aliphatic carbocycles. The summed E-state index contributed by atoms with van der Waals surface area (Å²) < 4.78 is 42.9. The standard InChI is InChI=1S/C21H16F3NO4S/c1-11-9-12(3-8-15(11)26)10-16-18(27)17(20(28)29-2)19(30-16)25-14-6-4-13(5-7-14)21(22,23)24/h3-10,26-27H,1-2H3/b16-10+,25-19?. The molecule has 0 atom stereocenters. The Hall–Kier alpha value is -3.20. The third-order valence-corrected chi connectivity index (χ3v) is 5.24. The number of carbonyl (C=O) groups excluding carboxylic acids is 1. The number of methoxy groups -OCH3 is 1. The van der Waals surface area contributed by atoms with E-state index >= 15 is 0 Å². The van der Waals surface area contributed by atoms with Crippen LogP contribution in [-0.2, 0) is 15.7 Å². The van der Waals surface area contributed by atoms with Crippen molar-refractivity contribution in [2.75, 3.05) is 7.11 Å². The van der Waals surface area contributed by atoms with E-state index in [9.17, 15) is 28.2 Å². The number of esters is 1. The van der Waals surface area contributed by atoms with E-state index in [2.05, 4.69) is 4.99 Å². The van der Waals surface area contributed by atoms with Crippen molar-refractivity contribution in [2.45, 2.75) is 13.1 Å². The second-order valence-corrected chi connectivity index (χ2v) is 7.36. The summed E-state index contributed by atoms with van der Waals surface area (Å²) >= 11 is 0.982. The third kappa shape index (κ3) is 4.51. The Morgan fingerprint density at radius 3 is 2.37 bits per heavy atom. The van der Waals surface area contributed by atoms with E-state index in [1.54, 1.807) is 25.1 Å². The largest absolute Gasteiger partial charge is 0.508 e. The Balaban J connectivity index is 2.00. The Morgan fingerprint density at radius 1 is 1.13 bits per heavy atom. The van der Waals surface area contributed by atoms with E-state index in [1.807, 2.05) is 0 Å². The van der Waals surface area contributed by atoms with Gasteiger partial charge in [0.1, 0.15) is 22.1 Å². The molecule has 1 aliphatic rings. The fourth-order valence-corrected chi connectivity index (χ4v) is 3.69. The maximum atomic E-state index is 12.7. The molecule has 0 amide bonds. The molecule has 0 fully saturated rings. The maximum Gasteiger partial charge on any atom is 0.416 e. The topological polar surface area (TPSA) is 79.1 Å². The Bertz CT molecular complexity index is 1090. The molecule has 0 aromatic heterocycles. The number of rotatable bonds is 3. The van der Waals surface area contributed by atoms with Crippen LogP contribution in [0.5, 0.6) is 5.75 Å². The fraction of sp³-hybridized carbons (Fsp3) is 0.143. The van der Waals surface area contributed by atoms with E-state index in [-0.39, 0.29) is 27.8 Å². The van der Waals surface area contributed by atoms with Crippen LogP contribution in [0.3, 0.4) is 0 Å². The lowest BCUT2D eigenvalue weighted by Crippen LogP contribution is -2.10. The van der Waals surface area contributed by atoms with Gasteiger partial charge in [-0.2, -0.15) is 13.2 Å². The molecule has 0 saturated heterocycles. The number of hydrogen-bond acceptors (Lipinski definition) is 6. The van der Waals surface area contributed by atoms with E-state index in [0.29, 0.717) is 16.0 Å². The second-order valence-electron chi connectivity index (χ2n) is 6.33. The molecule has 30 heavy (non-hydrogen) atoms. The van der Waals surface area contributed by atoms with Gasteiger partial charge in [-0.1, -0.05) is 17.8 Å². The lowest BCUT2D eigenvalue weighted by molar-refractivity contribution is -0.137. The molecule has 2 N–H and O–H groups in total. The van der Waals surface area contributed by atoms with Crippen LogP contribution in [0.2, 0.25) is 0 Å². The molecule has 1 aliphatic heterocycles. The van der Waals surface area contributed by atoms with Crippen molar-refractivity contribution < 1.29 is 32.9 Å². The van der Waals surface area contributed by atoms with Crippen LogP contribution < -0.4 is 0 Å². The summed E-state index contributed by atoms with van der Waals surface area (Å²) in [6, 6.07) is 8.94. The summed E-state index contributed by atoms with van der Waals surface area (Å²) in [5.74, 6) is -1.05. The first-order valence-electron chi connectivity index (χ1n) is 8.57. The quantitative estimate of drug-likeness (QED) is 0.621. The van der Waals surface area contributed by atoms with Crippen molar-refractivity contribution in [1.82, 2.24) is 0 Å². The summed E-state index contributed by atoms with van der Waals surface area (Å²) in [6.45, 7) is 1.71. The molecule has 3 rings (SSSR count). The number of ether oxygens (including phenoxy) is 1. The van der Waals surface area contributed by atoms with Crippen LogP contribution >= 0.6 is 11.8 Å². The summed E-state index contributed by atoms with van der Waals surface area (Å²) in [6.07, 6.45) is -2.87. The Morgan fingerprint density at radius 2 is 1.80 bits per heavy atom. The fourth-order valence-electron chi connectivity index (χ4n) is 2.65. The minimum Gasteiger partial charge on any atom is -0.508 e. The first-order chi connectivity index (χ1) is 14.1. The van der Waals surface area contributed by atoms with Gasteiger partial charge in [0.25, 0.3) is 0 Å². The molecular formula is C21H16F3NO4S. The average molecular weight is 435 g/mol. The summed E-state index contributed by atoms with van der Waals surface area (Å²) in [5.41, 5.74) is 0.480. The first-order valence-corrected chi connectivity index (χ1v) is 9.39. The van der Waals surface area contributed by atoms with Gasteiger partial charge in [-0.3, -0.25) is 0 Å². The molecule has 2 aromatic rings. The number of aliphatic hydroxyl groups is 1. The molecule has 156 valence electrons. The van der Waals surface area contributed by atoms with E-state index in [4.69, 9.17) is 4.74 Å². The summed E-state index contributed by atoms with van der Waals surface area (Å²) in [5, 5.41) is 20.3. The number of alkyl halides is 3. The zero-order valence-corrected chi connectivity index (χ0v) is 16.6. The Labute approximate surface area is 174 Å². The van der Waals surface area contributed by atoms with E-state index in [1.165, 1.54) is 18.2 Å². The number of hydrogen-bond donors (Lipinski definition) is 2. The van der Waals surface area contributed by atoms with Gasteiger partial charge in [-0.05, 0) is 60.5 Å². The van der Waals surface area contributed by atoms with Crippen molar-refractivity contribution in [3.05, 3.63) is 75.4 Å². The van der Waals surface area contributed by atoms with Crippen molar-refractivity contribution in [3.63, 3.8) is 0 Å². The number of benzene rings is 2. The van der Waals surface area contributed by atoms with Crippen LogP contribution in [0, 0.1) is 6.92 Å². The smallest absolute Gasteiger partial charge is 0.416 e. The van der Waals surface area contributed by atoms with Crippen LogP contribution in [-0.4, -0.2) is 28.3 Å². The summed E-state index contributed by atoms with van der Waals surface area (Å²) in [4.78, 5) is 16.7. The normalized spacial score (nSPS) is 17.1. The lowest BCUT2D eigenvalue weighted by Gasteiger charge is -2.06. The number of aliphatic hydroxyl groups excluding tert-OH is 1. The van der Waals surface area contributed by atoms with Crippen molar-refractivity contribution in [3.8, 4) is 5.75 Å². The first kappa shape index (κ1) is 21.5. The number of phenols is 1. The highest BCUT2D eigenvalue weighted by Crippen LogP contribution is 2.40. The van der Waals surface area contributed by atoms with Crippen molar-refractivity contribution in [1.29, 1.82) is 0 Å². The summed E-state index contributed by atoms with van der Waals surface area (Å²) in [7, 11) is 1.15. The third-order valence-electron chi connectivity index (χ3n) is 4.22. The van der Waals surface area contributed by atoms with Crippen molar-refractivity contribution in [2.24, 2.45) is 4.99 Å². The number of aliphatic imine (C=N–C) groups is 1. The molecule has 9 heteroatoms. The van der Waals surface area contributed by atoms with Gasteiger partial charge < -0.3 is 14.9 Å². The Kier molecular flexibility index (Phi) is 5.93. The number of nitrogens with zero attached hydrogens (tertiary/aromatic N) is 1. The number of halogens is 3. The lowest BCUT2D eigenvalue weighted by atomic mass is 10.1. The number of aryl methyl sites for hydroxylation is 1. The van der Waals surface area contributed by atoms with Crippen LogP contribution in [0.4, 0.5) is 18.9 Å². The highest BCUT2D eigenvalue weighted by molar-refractivity contribution is 8.18. The number of phenolic OH excluding ortho intramolecular Hbond substituents is 1. The molecule has 0 saturated carbocycles. The van der Waals surface area contributed by atoms with Gasteiger partial charge in [-0.25, -0.2) is 9.79 Å². The molecule has 0 bridgehead atoms. The highest BCUT2D eigenvalue weighted by Gasteiger charge is 2.33. The van der Waals surface area contributed by atoms with Gasteiger partial charge >= 0.3 is 12.1 Å². The molecule has 1 heterocycles. The SMILES string of the molecule is COC(=O)C1=C(O)/C(=C\c2ccc(O)c(C)c2)SC1=Nc1ccc(C(F)(F)F)cc1. The average Bonchev–Trinajstić information content (AvgIpc) is 2.98. The number of aromatic hydroxyl groups is 1. The predicted octanol–water partition coefficient (Wildman–Crippen LogP) is 5.52. The van der Waals surface area contributed by atoms with Crippen LogP contribution in [0.25, 0.3) is 6.08 Å². The zero-order chi connectivity index (χ0) is 22.1. The minimum atomic E-state index is -4.47. The number of thioether (sulfide) groups is 1. The molecule has 0 radical (unpaired) electrons. The zero-order valence-electron chi connectivity index (χ0n) is 15.8. The van der Waals surface area contributed by atoms with Crippen LogP contribution in [0.15, 0.2) is 63.7 Å². The van der Waals surface area contributed by atoms with Crippen molar-refractivity contribution >= 4 is 34.5 Å². The number of carbonyl (C=O) groups is 1. The minimum absolute atomic E-state index is 0.0980. The highest BCUT2D eigenvalue weighted by atomic mass is 32.2.